The Morgan fingerprint density at radius 1 is 1.35 bits per heavy atom. The molecule has 2 aromatic rings. The number of benzene rings is 1. The van der Waals surface area contributed by atoms with Crippen molar-refractivity contribution in [3.8, 4) is 0 Å². The molecule has 0 spiro atoms. The van der Waals surface area contributed by atoms with E-state index >= 15 is 0 Å². The minimum absolute atomic E-state index is 0.345. The lowest BCUT2D eigenvalue weighted by atomic mass is 9.99. The minimum Gasteiger partial charge on any atom is -0.481 e. The summed E-state index contributed by atoms with van der Waals surface area (Å²) in [4.78, 5) is 11.1. The van der Waals surface area contributed by atoms with Crippen molar-refractivity contribution in [2.24, 2.45) is 5.92 Å². The van der Waals surface area contributed by atoms with Gasteiger partial charge in [-0.1, -0.05) is 23.7 Å². The first-order valence-electron chi connectivity index (χ1n) is 6.51. The van der Waals surface area contributed by atoms with Gasteiger partial charge >= 0.3 is 5.97 Å². The molecule has 0 aliphatic carbocycles. The lowest BCUT2D eigenvalue weighted by Crippen LogP contribution is -2.27. The van der Waals surface area contributed by atoms with Crippen molar-refractivity contribution in [1.29, 1.82) is 0 Å². The average molecular weight is 292 g/mol. The van der Waals surface area contributed by atoms with Crippen LogP contribution in [0.2, 0.25) is 5.02 Å². The van der Waals surface area contributed by atoms with E-state index in [1.807, 2.05) is 28.8 Å². The van der Waals surface area contributed by atoms with Crippen LogP contribution < -0.4 is 0 Å². The van der Waals surface area contributed by atoms with Crippen molar-refractivity contribution in [3.05, 3.63) is 46.5 Å². The maximum absolute atomic E-state index is 11.1. The van der Waals surface area contributed by atoms with Gasteiger partial charge in [-0.15, -0.1) is 10.2 Å². The second-order valence-electron chi connectivity index (χ2n) is 5.02. The quantitative estimate of drug-likeness (QED) is 0.941. The molecule has 0 fully saturated rings. The number of carbonyl (C=O) groups is 1. The van der Waals surface area contributed by atoms with Crippen LogP contribution in [0.1, 0.15) is 23.6 Å². The van der Waals surface area contributed by atoms with Gasteiger partial charge in [0.25, 0.3) is 0 Å². The summed E-state index contributed by atoms with van der Waals surface area (Å²) in [7, 11) is 0. The summed E-state index contributed by atoms with van der Waals surface area (Å²) in [6.07, 6.45) is 1.94. The molecular weight excluding hydrogens is 278 g/mol. The van der Waals surface area contributed by atoms with Gasteiger partial charge < -0.3 is 9.67 Å². The summed E-state index contributed by atoms with van der Waals surface area (Å²) in [5.74, 6) is 0.601. The Morgan fingerprint density at radius 2 is 2.10 bits per heavy atom. The van der Waals surface area contributed by atoms with Gasteiger partial charge in [0.05, 0.1) is 5.92 Å². The van der Waals surface area contributed by atoms with Crippen LogP contribution in [0.15, 0.2) is 24.3 Å². The van der Waals surface area contributed by atoms with E-state index in [0.29, 0.717) is 30.8 Å². The molecule has 0 bridgehead atoms. The number of hydrogen-bond donors (Lipinski definition) is 1. The zero-order valence-corrected chi connectivity index (χ0v) is 11.5. The fourth-order valence-corrected chi connectivity index (χ4v) is 2.63. The van der Waals surface area contributed by atoms with Gasteiger partial charge in [-0.25, -0.2) is 0 Å². The summed E-state index contributed by atoms with van der Waals surface area (Å²) < 4.78 is 1.94. The molecule has 3 rings (SSSR count). The topological polar surface area (TPSA) is 68.0 Å². The monoisotopic (exact) mass is 291 g/mol. The van der Waals surface area contributed by atoms with E-state index in [1.54, 1.807) is 0 Å². The van der Waals surface area contributed by atoms with Crippen LogP contribution in [-0.4, -0.2) is 25.8 Å². The smallest absolute Gasteiger partial charge is 0.308 e. The van der Waals surface area contributed by atoms with E-state index in [-0.39, 0.29) is 5.92 Å². The van der Waals surface area contributed by atoms with E-state index in [4.69, 9.17) is 16.7 Å². The summed E-state index contributed by atoms with van der Waals surface area (Å²) in [5, 5.41) is 18.2. The Labute approximate surface area is 121 Å². The number of nitrogens with zero attached hydrogens (tertiary/aromatic N) is 3. The predicted molar refractivity (Wildman–Crippen MR) is 73.7 cm³/mol. The molecule has 0 saturated carbocycles. The van der Waals surface area contributed by atoms with Crippen LogP contribution in [0.25, 0.3) is 0 Å². The molecule has 0 amide bonds. The molecule has 1 unspecified atom stereocenters. The molecule has 1 aliphatic rings. The molecule has 20 heavy (non-hydrogen) atoms. The van der Waals surface area contributed by atoms with E-state index in [2.05, 4.69) is 10.2 Å². The van der Waals surface area contributed by atoms with Crippen LogP contribution in [0.3, 0.4) is 0 Å². The Balaban J connectivity index is 1.83. The summed E-state index contributed by atoms with van der Waals surface area (Å²) in [6.45, 7) is 0.459. The number of aromatic nitrogens is 3. The Morgan fingerprint density at radius 3 is 2.80 bits per heavy atom. The number of halogens is 1. The van der Waals surface area contributed by atoms with Gasteiger partial charge in [0.1, 0.15) is 11.6 Å². The predicted octanol–water partition coefficient (Wildman–Crippen LogP) is 2.17. The molecule has 0 saturated heterocycles. The third-order valence-corrected chi connectivity index (χ3v) is 3.90. The highest BCUT2D eigenvalue weighted by atomic mass is 35.5. The normalized spacial score (nSPS) is 17.8. The summed E-state index contributed by atoms with van der Waals surface area (Å²) >= 11 is 5.86. The van der Waals surface area contributed by atoms with Crippen molar-refractivity contribution in [3.63, 3.8) is 0 Å². The third-order valence-electron chi connectivity index (χ3n) is 3.65. The third kappa shape index (κ3) is 2.54. The Kier molecular flexibility index (Phi) is 3.44. The second-order valence-corrected chi connectivity index (χ2v) is 5.46. The van der Waals surface area contributed by atoms with E-state index in [1.165, 1.54) is 0 Å². The number of carboxylic acids is 1. The first kappa shape index (κ1) is 13.1. The van der Waals surface area contributed by atoms with Gasteiger partial charge in [-0.2, -0.15) is 0 Å². The number of rotatable bonds is 3. The van der Waals surface area contributed by atoms with Crippen LogP contribution in [0.5, 0.6) is 0 Å². The number of aryl methyl sites for hydroxylation is 1. The number of hydrogen-bond acceptors (Lipinski definition) is 3. The van der Waals surface area contributed by atoms with Crippen molar-refractivity contribution >= 4 is 17.6 Å². The lowest BCUT2D eigenvalue weighted by Gasteiger charge is -2.21. The van der Waals surface area contributed by atoms with Crippen molar-refractivity contribution < 1.29 is 9.90 Å². The molecule has 2 heterocycles. The zero-order valence-electron chi connectivity index (χ0n) is 10.8. The van der Waals surface area contributed by atoms with E-state index < -0.39 is 5.97 Å². The highest BCUT2D eigenvalue weighted by Crippen LogP contribution is 2.22. The van der Waals surface area contributed by atoms with Crippen molar-refractivity contribution in [1.82, 2.24) is 14.8 Å². The largest absolute Gasteiger partial charge is 0.481 e. The number of carboxylic acid groups (broad SMARTS) is 1. The zero-order chi connectivity index (χ0) is 14.1. The van der Waals surface area contributed by atoms with Crippen LogP contribution in [0, 0.1) is 5.92 Å². The van der Waals surface area contributed by atoms with Gasteiger partial charge in [0, 0.05) is 24.4 Å². The molecule has 1 aromatic heterocycles. The van der Waals surface area contributed by atoms with Gasteiger partial charge in [0.2, 0.25) is 0 Å². The molecule has 5 nitrogen and oxygen atoms in total. The van der Waals surface area contributed by atoms with Gasteiger partial charge in [0.15, 0.2) is 0 Å². The maximum atomic E-state index is 11.1. The van der Waals surface area contributed by atoms with Gasteiger partial charge in [-0.05, 0) is 24.1 Å². The molecule has 104 valence electrons. The van der Waals surface area contributed by atoms with E-state index in [9.17, 15) is 4.79 Å². The second kappa shape index (κ2) is 5.25. The highest BCUT2D eigenvalue weighted by Gasteiger charge is 2.27. The van der Waals surface area contributed by atoms with Crippen molar-refractivity contribution in [2.75, 3.05) is 0 Å². The lowest BCUT2D eigenvalue weighted by molar-refractivity contribution is -0.142. The fourth-order valence-electron chi connectivity index (χ4n) is 2.50. The molecule has 1 aliphatic heterocycles. The molecular formula is C14H14ClN3O2. The standard InChI is InChI=1S/C14H14ClN3O2/c15-11-4-1-9(2-5-11)7-13-17-16-12-6-3-10(14(19)20)8-18(12)13/h1-2,4-5,10H,3,6-8H2,(H,19,20). The highest BCUT2D eigenvalue weighted by molar-refractivity contribution is 6.30. The fraction of sp³-hybridized carbons (Fsp3) is 0.357. The van der Waals surface area contributed by atoms with Gasteiger partial charge in [-0.3, -0.25) is 4.79 Å². The van der Waals surface area contributed by atoms with Crippen LogP contribution in [-0.2, 0) is 24.2 Å². The first-order valence-corrected chi connectivity index (χ1v) is 6.89. The Bertz CT molecular complexity index is 636. The number of fused-ring (bicyclic) bond motifs is 1. The van der Waals surface area contributed by atoms with Crippen LogP contribution >= 0.6 is 11.6 Å². The van der Waals surface area contributed by atoms with Crippen LogP contribution in [0.4, 0.5) is 0 Å². The summed E-state index contributed by atoms with van der Waals surface area (Å²) in [6, 6.07) is 7.57. The molecule has 1 atom stereocenters. The molecule has 1 N–H and O–H groups in total. The maximum Gasteiger partial charge on any atom is 0.308 e. The minimum atomic E-state index is -0.748. The summed E-state index contributed by atoms with van der Waals surface area (Å²) in [5.41, 5.74) is 1.09. The Hall–Kier alpha value is -1.88. The SMILES string of the molecule is O=C(O)C1CCc2nnc(Cc3ccc(Cl)cc3)n2C1. The molecule has 6 heteroatoms. The first-order chi connectivity index (χ1) is 9.63. The van der Waals surface area contributed by atoms with Crippen molar-refractivity contribution in [2.45, 2.75) is 25.8 Å². The van der Waals surface area contributed by atoms with E-state index in [0.717, 1.165) is 17.2 Å². The molecule has 1 aromatic carbocycles. The number of aliphatic carboxylic acids is 1. The average Bonchev–Trinajstić information content (AvgIpc) is 2.84. The molecule has 0 radical (unpaired) electrons.